The van der Waals surface area contributed by atoms with Crippen LogP contribution in [0.15, 0.2) is 23.0 Å². The fourth-order valence-corrected chi connectivity index (χ4v) is 2.26. The Morgan fingerprint density at radius 1 is 1.31 bits per heavy atom. The van der Waals surface area contributed by atoms with Crippen LogP contribution in [0, 0.1) is 6.92 Å². The number of furan rings is 1. The summed E-state index contributed by atoms with van der Waals surface area (Å²) in [5, 5.41) is 13.6. The predicted octanol–water partition coefficient (Wildman–Crippen LogP) is 2.85. The number of aromatic nitrogens is 2. The van der Waals surface area contributed by atoms with Crippen LogP contribution in [0.4, 0.5) is 0 Å². The molecule has 2 aromatic rings. The first kappa shape index (κ1) is 11.3. The third kappa shape index (κ3) is 2.48. The first-order chi connectivity index (χ1) is 7.66. The van der Waals surface area contributed by atoms with Crippen molar-refractivity contribution in [3.05, 3.63) is 34.2 Å². The molecular formula is C11H15N3OS. The van der Waals surface area contributed by atoms with Crippen molar-refractivity contribution in [2.24, 2.45) is 0 Å². The van der Waals surface area contributed by atoms with E-state index in [0.29, 0.717) is 0 Å². The molecular weight excluding hydrogens is 222 g/mol. The van der Waals surface area contributed by atoms with E-state index in [-0.39, 0.29) is 12.1 Å². The fourth-order valence-electron chi connectivity index (χ4n) is 1.55. The van der Waals surface area contributed by atoms with E-state index < -0.39 is 0 Å². The Labute approximate surface area is 98.7 Å². The molecule has 2 heterocycles. The molecule has 2 rings (SSSR count). The highest BCUT2D eigenvalue weighted by atomic mass is 32.1. The second-order valence-corrected chi connectivity index (χ2v) is 5.04. The number of aryl methyl sites for hydroxylation is 1. The molecule has 0 fully saturated rings. The zero-order valence-electron chi connectivity index (χ0n) is 9.60. The summed E-state index contributed by atoms with van der Waals surface area (Å²) in [7, 11) is 0. The standard InChI is InChI=1S/C11H15N3OS/c1-7(10-4-5-15-6-10)12-8(2)11-14-13-9(3)16-11/h4-8,12H,1-3H3. The van der Waals surface area contributed by atoms with Crippen LogP contribution in [0.3, 0.4) is 0 Å². The SMILES string of the molecule is Cc1nnc(C(C)NC(C)c2ccoc2)s1. The monoisotopic (exact) mass is 237 g/mol. The van der Waals surface area contributed by atoms with Gasteiger partial charge in [-0.15, -0.1) is 21.5 Å². The molecule has 0 radical (unpaired) electrons. The maximum absolute atomic E-state index is 5.06. The van der Waals surface area contributed by atoms with E-state index in [2.05, 4.69) is 29.4 Å². The fraction of sp³-hybridized carbons (Fsp3) is 0.455. The summed E-state index contributed by atoms with van der Waals surface area (Å²) in [5.41, 5.74) is 1.15. The molecule has 1 N–H and O–H groups in total. The van der Waals surface area contributed by atoms with Gasteiger partial charge in [-0.1, -0.05) is 0 Å². The summed E-state index contributed by atoms with van der Waals surface area (Å²) in [6.07, 6.45) is 3.45. The van der Waals surface area contributed by atoms with Crippen molar-refractivity contribution >= 4 is 11.3 Å². The van der Waals surface area contributed by atoms with E-state index in [4.69, 9.17) is 4.42 Å². The molecule has 0 amide bonds. The second kappa shape index (κ2) is 4.76. The van der Waals surface area contributed by atoms with Gasteiger partial charge in [0.05, 0.1) is 18.6 Å². The van der Waals surface area contributed by atoms with Gasteiger partial charge in [0.15, 0.2) is 0 Å². The topological polar surface area (TPSA) is 51.0 Å². The van der Waals surface area contributed by atoms with Gasteiger partial charge in [-0.2, -0.15) is 0 Å². The third-order valence-corrected chi connectivity index (χ3v) is 3.48. The largest absolute Gasteiger partial charge is 0.472 e. The zero-order chi connectivity index (χ0) is 11.5. The lowest BCUT2D eigenvalue weighted by molar-refractivity contribution is 0.483. The van der Waals surface area contributed by atoms with Crippen molar-refractivity contribution in [2.75, 3.05) is 0 Å². The summed E-state index contributed by atoms with van der Waals surface area (Å²) in [5.74, 6) is 0. The molecule has 4 nitrogen and oxygen atoms in total. The number of hydrogen-bond acceptors (Lipinski definition) is 5. The second-order valence-electron chi connectivity index (χ2n) is 3.83. The van der Waals surface area contributed by atoms with Crippen molar-refractivity contribution in [2.45, 2.75) is 32.9 Å². The third-order valence-electron chi connectivity index (χ3n) is 2.46. The first-order valence-corrected chi connectivity index (χ1v) is 6.06. The van der Waals surface area contributed by atoms with Gasteiger partial charge in [0.25, 0.3) is 0 Å². The first-order valence-electron chi connectivity index (χ1n) is 5.25. The van der Waals surface area contributed by atoms with Crippen molar-refractivity contribution < 1.29 is 4.42 Å². The van der Waals surface area contributed by atoms with Crippen molar-refractivity contribution in [3.63, 3.8) is 0 Å². The number of nitrogens with zero attached hydrogens (tertiary/aromatic N) is 2. The zero-order valence-corrected chi connectivity index (χ0v) is 10.4. The number of nitrogens with one attached hydrogen (secondary N) is 1. The van der Waals surface area contributed by atoms with Crippen LogP contribution in [0.1, 0.15) is 41.5 Å². The van der Waals surface area contributed by atoms with Crippen LogP contribution in [0.25, 0.3) is 0 Å². The Bertz CT molecular complexity index is 438. The van der Waals surface area contributed by atoms with E-state index in [9.17, 15) is 0 Å². The van der Waals surface area contributed by atoms with Gasteiger partial charge >= 0.3 is 0 Å². The van der Waals surface area contributed by atoms with Gasteiger partial charge in [-0.05, 0) is 26.8 Å². The Hall–Kier alpha value is -1.20. The maximum Gasteiger partial charge on any atom is 0.134 e. The average Bonchev–Trinajstić information content (AvgIpc) is 2.87. The van der Waals surface area contributed by atoms with E-state index in [0.717, 1.165) is 15.6 Å². The minimum Gasteiger partial charge on any atom is -0.472 e. The Morgan fingerprint density at radius 3 is 2.69 bits per heavy atom. The summed E-state index contributed by atoms with van der Waals surface area (Å²) in [6, 6.07) is 2.42. The molecule has 0 aliphatic rings. The van der Waals surface area contributed by atoms with Crippen LogP contribution in [0.5, 0.6) is 0 Å². The van der Waals surface area contributed by atoms with Gasteiger partial charge in [0.1, 0.15) is 10.0 Å². The lowest BCUT2D eigenvalue weighted by atomic mass is 10.1. The quantitative estimate of drug-likeness (QED) is 0.888. The smallest absolute Gasteiger partial charge is 0.134 e. The molecule has 0 aliphatic heterocycles. The van der Waals surface area contributed by atoms with Crippen LogP contribution in [0.2, 0.25) is 0 Å². The van der Waals surface area contributed by atoms with Crippen LogP contribution in [-0.4, -0.2) is 10.2 Å². The Balaban J connectivity index is 2.00. The molecule has 2 unspecified atom stereocenters. The van der Waals surface area contributed by atoms with Crippen LogP contribution >= 0.6 is 11.3 Å². The molecule has 0 aliphatic carbocycles. The average molecular weight is 237 g/mol. The van der Waals surface area contributed by atoms with Crippen molar-refractivity contribution in [3.8, 4) is 0 Å². The number of hydrogen-bond donors (Lipinski definition) is 1. The molecule has 2 atom stereocenters. The Morgan fingerprint density at radius 2 is 2.12 bits per heavy atom. The molecule has 0 saturated heterocycles. The van der Waals surface area contributed by atoms with E-state index >= 15 is 0 Å². The Kier molecular flexibility index (Phi) is 3.36. The molecule has 0 saturated carbocycles. The van der Waals surface area contributed by atoms with E-state index in [1.54, 1.807) is 23.9 Å². The minimum absolute atomic E-state index is 0.205. The lowest BCUT2D eigenvalue weighted by Gasteiger charge is -2.16. The minimum atomic E-state index is 0.205. The molecule has 0 aromatic carbocycles. The van der Waals surface area contributed by atoms with Crippen molar-refractivity contribution in [1.82, 2.24) is 15.5 Å². The van der Waals surface area contributed by atoms with Crippen LogP contribution in [-0.2, 0) is 0 Å². The normalized spacial score (nSPS) is 14.9. The molecule has 0 bridgehead atoms. The van der Waals surface area contributed by atoms with Gasteiger partial charge in [-0.3, -0.25) is 0 Å². The summed E-state index contributed by atoms with van der Waals surface area (Å²) in [4.78, 5) is 0. The van der Waals surface area contributed by atoms with Gasteiger partial charge in [0.2, 0.25) is 0 Å². The predicted molar refractivity (Wildman–Crippen MR) is 63.3 cm³/mol. The van der Waals surface area contributed by atoms with Gasteiger partial charge in [-0.25, -0.2) is 0 Å². The molecule has 0 spiro atoms. The van der Waals surface area contributed by atoms with Crippen molar-refractivity contribution in [1.29, 1.82) is 0 Å². The van der Waals surface area contributed by atoms with Crippen LogP contribution < -0.4 is 5.32 Å². The maximum atomic E-state index is 5.06. The molecule has 2 aromatic heterocycles. The summed E-state index contributed by atoms with van der Waals surface area (Å²) in [6.45, 7) is 6.17. The highest BCUT2D eigenvalue weighted by Gasteiger charge is 2.14. The lowest BCUT2D eigenvalue weighted by Crippen LogP contribution is -2.22. The summed E-state index contributed by atoms with van der Waals surface area (Å²) < 4.78 is 5.06. The molecule has 5 heteroatoms. The van der Waals surface area contributed by atoms with E-state index in [1.807, 2.05) is 13.0 Å². The highest BCUT2D eigenvalue weighted by Crippen LogP contribution is 2.21. The summed E-state index contributed by atoms with van der Waals surface area (Å²) >= 11 is 1.63. The van der Waals surface area contributed by atoms with Gasteiger partial charge < -0.3 is 9.73 Å². The molecule has 16 heavy (non-hydrogen) atoms. The number of rotatable bonds is 4. The van der Waals surface area contributed by atoms with Gasteiger partial charge in [0, 0.05) is 11.6 Å². The van der Waals surface area contributed by atoms with E-state index in [1.165, 1.54) is 0 Å². The highest BCUT2D eigenvalue weighted by molar-refractivity contribution is 7.11. The molecule has 86 valence electrons.